The van der Waals surface area contributed by atoms with Crippen LogP contribution < -0.4 is 0 Å². The van der Waals surface area contributed by atoms with E-state index in [0.29, 0.717) is 6.42 Å². The molecule has 0 saturated heterocycles. The van der Waals surface area contributed by atoms with Gasteiger partial charge in [-0.2, -0.15) is 0 Å². The Balaban J connectivity index is 3.24. The van der Waals surface area contributed by atoms with Crippen molar-refractivity contribution >= 4 is 5.97 Å². The normalized spacial score (nSPS) is 13.6. The zero-order chi connectivity index (χ0) is 18.8. The van der Waals surface area contributed by atoms with E-state index in [-0.39, 0.29) is 24.8 Å². The maximum absolute atomic E-state index is 11.4. The van der Waals surface area contributed by atoms with Crippen molar-refractivity contribution in [3.63, 3.8) is 0 Å². The summed E-state index contributed by atoms with van der Waals surface area (Å²) in [7, 11) is 0. The van der Waals surface area contributed by atoms with E-state index < -0.39 is 0 Å². The summed E-state index contributed by atoms with van der Waals surface area (Å²) in [5, 5.41) is 18.7. The second-order valence-electron chi connectivity index (χ2n) is 7.35. The molecule has 25 heavy (non-hydrogen) atoms. The van der Waals surface area contributed by atoms with Gasteiger partial charge in [0.1, 0.15) is 6.10 Å². The molecule has 0 radical (unpaired) electrons. The van der Waals surface area contributed by atoms with E-state index in [9.17, 15) is 9.90 Å². The Labute approximate surface area is 155 Å². The van der Waals surface area contributed by atoms with Crippen LogP contribution in [0.4, 0.5) is 0 Å². The minimum Gasteiger partial charge on any atom is -0.460 e. The fourth-order valence-corrected chi connectivity index (χ4v) is 2.98. The van der Waals surface area contributed by atoms with Gasteiger partial charge < -0.3 is 14.9 Å². The number of aliphatic hydroxyl groups excluding tert-OH is 2. The van der Waals surface area contributed by atoms with Crippen LogP contribution in [0.25, 0.3) is 0 Å². The van der Waals surface area contributed by atoms with Gasteiger partial charge in [-0.05, 0) is 26.2 Å². The molecule has 0 aliphatic heterocycles. The molecule has 2 unspecified atom stereocenters. The van der Waals surface area contributed by atoms with Crippen molar-refractivity contribution in [1.29, 1.82) is 0 Å². The second-order valence-corrected chi connectivity index (χ2v) is 7.35. The number of hydrogen-bond acceptors (Lipinski definition) is 4. The molecule has 2 atom stereocenters. The number of esters is 1. The van der Waals surface area contributed by atoms with Crippen LogP contribution in [0.15, 0.2) is 0 Å². The molecule has 2 N–H and O–H groups in total. The summed E-state index contributed by atoms with van der Waals surface area (Å²) in [4.78, 5) is 11.4. The molecule has 150 valence electrons. The van der Waals surface area contributed by atoms with Crippen molar-refractivity contribution < 1.29 is 19.7 Å². The molecule has 0 fully saturated rings. The fourth-order valence-electron chi connectivity index (χ4n) is 2.98. The van der Waals surface area contributed by atoms with Crippen LogP contribution in [0.2, 0.25) is 0 Å². The van der Waals surface area contributed by atoms with E-state index in [4.69, 9.17) is 9.84 Å². The van der Waals surface area contributed by atoms with Crippen molar-refractivity contribution in [3.05, 3.63) is 0 Å². The number of hydrogen-bond donors (Lipinski definition) is 2. The number of unbranched alkanes of at least 4 members (excludes halogenated alkanes) is 10. The molecule has 0 heterocycles. The van der Waals surface area contributed by atoms with Gasteiger partial charge in [-0.25, -0.2) is 0 Å². The number of carbonyl (C=O) groups excluding carboxylic acids is 1. The summed E-state index contributed by atoms with van der Waals surface area (Å²) in [6.45, 7) is 3.80. The summed E-state index contributed by atoms with van der Waals surface area (Å²) < 4.78 is 5.02. The highest BCUT2D eigenvalue weighted by molar-refractivity contribution is 5.69. The molecule has 0 saturated carbocycles. The summed E-state index contributed by atoms with van der Waals surface area (Å²) in [5.41, 5.74) is 0. The first-order valence-corrected chi connectivity index (χ1v) is 10.6. The smallest absolute Gasteiger partial charge is 0.306 e. The lowest BCUT2D eigenvalue weighted by Gasteiger charge is -2.10. The Morgan fingerprint density at radius 1 is 0.840 bits per heavy atom. The van der Waals surface area contributed by atoms with Crippen LogP contribution in [-0.2, 0) is 9.53 Å². The van der Waals surface area contributed by atoms with Gasteiger partial charge in [0.2, 0.25) is 0 Å². The zero-order valence-corrected chi connectivity index (χ0v) is 16.7. The molecule has 0 spiro atoms. The van der Waals surface area contributed by atoms with Crippen molar-refractivity contribution in [3.8, 4) is 0 Å². The van der Waals surface area contributed by atoms with Crippen LogP contribution in [0, 0.1) is 0 Å². The third-order valence-corrected chi connectivity index (χ3v) is 4.65. The molecule has 4 heteroatoms. The van der Waals surface area contributed by atoms with Crippen molar-refractivity contribution in [2.75, 3.05) is 6.61 Å². The van der Waals surface area contributed by atoms with Crippen LogP contribution in [0.1, 0.15) is 110 Å². The number of carbonyl (C=O) groups is 1. The number of rotatable bonds is 18. The number of ether oxygens (including phenoxy) is 1. The minimum atomic E-state index is -0.387. The highest BCUT2D eigenvalue weighted by Gasteiger charge is 2.07. The third kappa shape index (κ3) is 18.0. The van der Waals surface area contributed by atoms with Gasteiger partial charge in [0.25, 0.3) is 0 Å². The lowest BCUT2D eigenvalue weighted by Crippen LogP contribution is -2.18. The highest BCUT2D eigenvalue weighted by Crippen LogP contribution is 2.14. The lowest BCUT2D eigenvalue weighted by molar-refractivity contribution is -0.150. The van der Waals surface area contributed by atoms with Crippen LogP contribution in [0.3, 0.4) is 0 Å². The van der Waals surface area contributed by atoms with E-state index in [1.165, 1.54) is 57.8 Å². The van der Waals surface area contributed by atoms with Gasteiger partial charge in [0.15, 0.2) is 0 Å². The molecule has 0 aromatic carbocycles. The Hall–Kier alpha value is -0.610. The molecule has 0 aromatic rings. The van der Waals surface area contributed by atoms with Gasteiger partial charge in [-0.1, -0.05) is 77.6 Å². The third-order valence-electron chi connectivity index (χ3n) is 4.65. The lowest BCUT2D eigenvalue weighted by atomic mass is 10.0. The van der Waals surface area contributed by atoms with Crippen molar-refractivity contribution in [2.45, 2.75) is 122 Å². The minimum absolute atomic E-state index is 0.0924. The Morgan fingerprint density at radius 2 is 1.32 bits per heavy atom. The quantitative estimate of drug-likeness (QED) is 0.263. The van der Waals surface area contributed by atoms with Crippen LogP contribution in [0.5, 0.6) is 0 Å². The molecule has 0 aliphatic carbocycles. The largest absolute Gasteiger partial charge is 0.460 e. The summed E-state index contributed by atoms with van der Waals surface area (Å²) in [6.07, 6.45) is 16.1. The molecule has 0 amide bonds. The molecule has 0 bridgehead atoms. The zero-order valence-electron chi connectivity index (χ0n) is 16.7. The van der Waals surface area contributed by atoms with E-state index in [1.54, 1.807) is 6.92 Å². The maximum Gasteiger partial charge on any atom is 0.306 e. The summed E-state index contributed by atoms with van der Waals surface area (Å²) in [6, 6.07) is 0. The first kappa shape index (κ1) is 24.4. The molecule has 4 nitrogen and oxygen atoms in total. The summed E-state index contributed by atoms with van der Waals surface area (Å²) >= 11 is 0. The van der Waals surface area contributed by atoms with E-state index >= 15 is 0 Å². The topological polar surface area (TPSA) is 66.8 Å². The Bertz CT molecular complexity index is 294. The number of aliphatic hydroxyl groups is 2. The van der Waals surface area contributed by atoms with Crippen LogP contribution >= 0.6 is 0 Å². The Morgan fingerprint density at radius 3 is 1.84 bits per heavy atom. The van der Waals surface area contributed by atoms with Gasteiger partial charge in [0.05, 0.1) is 12.7 Å². The van der Waals surface area contributed by atoms with Gasteiger partial charge in [-0.15, -0.1) is 0 Å². The molecular formula is C21H42O4. The first-order chi connectivity index (χ1) is 12.1. The monoisotopic (exact) mass is 358 g/mol. The average Bonchev–Trinajstić information content (AvgIpc) is 2.60. The standard InChI is InChI=1S/C21H42O4/c1-3-4-5-12-15-20(23)16-13-10-8-6-7-9-11-14-17-21(24)25-19(2)18-22/h19-20,22-23H,3-18H2,1-2H3. The van der Waals surface area contributed by atoms with Gasteiger partial charge in [-0.3, -0.25) is 4.79 Å². The average molecular weight is 359 g/mol. The highest BCUT2D eigenvalue weighted by atomic mass is 16.5. The maximum atomic E-state index is 11.4. The first-order valence-electron chi connectivity index (χ1n) is 10.6. The summed E-state index contributed by atoms with van der Waals surface area (Å²) in [5.74, 6) is -0.199. The molecular weight excluding hydrogens is 316 g/mol. The van der Waals surface area contributed by atoms with Gasteiger partial charge >= 0.3 is 5.97 Å². The van der Waals surface area contributed by atoms with Crippen LogP contribution in [-0.4, -0.2) is 35.0 Å². The van der Waals surface area contributed by atoms with E-state index in [2.05, 4.69) is 6.92 Å². The predicted molar refractivity (Wildman–Crippen MR) is 104 cm³/mol. The van der Waals surface area contributed by atoms with E-state index in [0.717, 1.165) is 32.1 Å². The van der Waals surface area contributed by atoms with Crippen molar-refractivity contribution in [1.82, 2.24) is 0 Å². The van der Waals surface area contributed by atoms with E-state index in [1.807, 2.05) is 0 Å². The molecule has 0 rings (SSSR count). The Kier molecular flexibility index (Phi) is 17.7. The SMILES string of the molecule is CCCCCCC(O)CCCCCCCCCCC(=O)OC(C)CO. The second kappa shape index (κ2) is 18.2. The predicted octanol–water partition coefficient (Wildman–Crippen LogP) is 5.14. The van der Waals surface area contributed by atoms with Crippen molar-refractivity contribution in [2.24, 2.45) is 0 Å². The van der Waals surface area contributed by atoms with Gasteiger partial charge in [0, 0.05) is 6.42 Å². The molecule has 0 aliphatic rings. The molecule has 0 aromatic heterocycles. The fraction of sp³-hybridized carbons (Fsp3) is 0.952.